The lowest BCUT2D eigenvalue weighted by Crippen LogP contribution is -2.11. The van der Waals surface area contributed by atoms with Crippen LogP contribution in [0.3, 0.4) is 0 Å². The topological polar surface area (TPSA) is 95.3 Å². The van der Waals surface area contributed by atoms with Crippen LogP contribution in [-0.4, -0.2) is 27.4 Å². The fourth-order valence-electron chi connectivity index (χ4n) is 2.88. The summed E-state index contributed by atoms with van der Waals surface area (Å²) in [5.41, 5.74) is 3.37. The molecule has 9 heteroatoms. The van der Waals surface area contributed by atoms with E-state index in [1.165, 1.54) is 12.1 Å². The molecule has 0 fully saturated rings. The molecule has 0 amide bonds. The van der Waals surface area contributed by atoms with Crippen molar-refractivity contribution in [2.75, 3.05) is 0 Å². The first kappa shape index (κ1) is 17.1. The average molecular weight is 387 g/mol. The number of aromatic nitrogens is 4. The number of nitrogens with zero attached hydrogens (tertiary/aromatic N) is 4. The summed E-state index contributed by atoms with van der Waals surface area (Å²) in [6.45, 7) is 2.77. The minimum absolute atomic E-state index is 0.0719. The van der Waals surface area contributed by atoms with Crippen LogP contribution in [0, 0.1) is 0 Å². The molecule has 3 aromatic heterocycles. The molecule has 2 N–H and O–H groups in total. The number of benzene rings is 1. The van der Waals surface area contributed by atoms with E-state index < -0.39 is 10.0 Å². The second-order valence-corrected chi connectivity index (χ2v) is 8.33. The fraction of sp³-hybridized carbons (Fsp3) is 0.176. The molecule has 0 spiro atoms. The first-order chi connectivity index (χ1) is 12.5. The molecule has 0 radical (unpaired) electrons. The van der Waals surface area contributed by atoms with Crippen molar-refractivity contribution in [2.45, 2.75) is 29.3 Å². The van der Waals surface area contributed by atoms with Gasteiger partial charge in [0.05, 0.1) is 21.6 Å². The summed E-state index contributed by atoms with van der Waals surface area (Å²) < 4.78 is 27.2. The third kappa shape index (κ3) is 3.09. The van der Waals surface area contributed by atoms with Crippen molar-refractivity contribution in [1.29, 1.82) is 0 Å². The van der Waals surface area contributed by atoms with Gasteiger partial charge >= 0.3 is 0 Å². The molecular weight excluding hydrogens is 370 g/mol. The zero-order valence-electron chi connectivity index (χ0n) is 14.0. The number of thioether (sulfide) groups is 1. The molecule has 0 aliphatic carbocycles. The van der Waals surface area contributed by atoms with Gasteiger partial charge < -0.3 is 8.97 Å². The van der Waals surface area contributed by atoms with E-state index in [0.29, 0.717) is 11.3 Å². The summed E-state index contributed by atoms with van der Waals surface area (Å²) >= 11 is 1.57. The molecule has 4 aromatic rings. The molecule has 0 atom stereocenters. The van der Waals surface area contributed by atoms with Crippen LogP contribution in [0.15, 0.2) is 58.8 Å². The smallest absolute Gasteiger partial charge is 0.238 e. The Balaban J connectivity index is 1.66. The van der Waals surface area contributed by atoms with Gasteiger partial charge in [0.15, 0.2) is 5.16 Å². The van der Waals surface area contributed by atoms with Gasteiger partial charge in [0, 0.05) is 24.7 Å². The minimum atomic E-state index is -3.74. The normalized spacial score (nSPS) is 12.2. The van der Waals surface area contributed by atoms with Crippen LogP contribution in [0.5, 0.6) is 0 Å². The van der Waals surface area contributed by atoms with Gasteiger partial charge in [-0.3, -0.25) is 0 Å². The van der Waals surface area contributed by atoms with E-state index in [1.807, 2.05) is 41.9 Å². The monoisotopic (exact) mass is 387 g/mol. The largest absolute Gasteiger partial charge is 0.319 e. The predicted octanol–water partition coefficient (Wildman–Crippen LogP) is 2.64. The van der Waals surface area contributed by atoms with Crippen molar-refractivity contribution in [1.82, 2.24) is 18.9 Å². The van der Waals surface area contributed by atoms with Crippen LogP contribution in [0.4, 0.5) is 0 Å². The van der Waals surface area contributed by atoms with Gasteiger partial charge in [-0.05, 0) is 37.3 Å². The molecule has 1 aromatic carbocycles. The van der Waals surface area contributed by atoms with Crippen molar-refractivity contribution in [2.24, 2.45) is 5.14 Å². The number of nitrogens with two attached hydrogens (primary N) is 1. The second kappa shape index (κ2) is 6.42. The van der Waals surface area contributed by atoms with Gasteiger partial charge in [-0.2, -0.15) is 0 Å². The maximum Gasteiger partial charge on any atom is 0.238 e. The van der Waals surface area contributed by atoms with Gasteiger partial charge in [-0.15, -0.1) is 0 Å². The first-order valence-corrected chi connectivity index (χ1v) is 10.6. The molecule has 0 bridgehead atoms. The lowest BCUT2D eigenvalue weighted by molar-refractivity contribution is 0.598. The lowest BCUT2D eigenvalue weighted by atomic mass is 10.3. The van der Waals surface area contributed by atoms with Crippen LogP contribution < -0.4 is 5.14 Å². The molecule has 0 saturated heterocycles. The number of fused-ring (bicyclic) bond motifs is 2. The number of primary sulfonamides is 1. The van der Waals surface area contributed by atoms with E-state index in [0.717, 1.165) is 28.6 Å². The minimum Gasteiger partial charge on any atom is -0.319 e. The van der Waals surface area contributed by atoms with Gasteiger partial charge in [-0.1, -0.05) is 17.8 Å². The third-order valence-electron chi connectivity index (χ3n) is 4.09. The fourth-order valence-corrected chi connectivity index (χ4v) is 4.37. The maximum absolute atomic E-state index is 11.6. The van der Waals surface area contributed by atoms with Crippen LogP contribution in [0.2, 0.25) is 0 Å². The zero-order valence-corrected chi connectivity index (χ0v) is 15.7. The summed E-state index contributed by atoms with van der Waals surface area (Å²) in [6, 6.07) is 10.7. The lowest BCUT2D eigenvalue weighted by Gasteiger charge is -2.04. The molecule has 4 rings (SSSR count). The van der Waals surface area contributed by atoms with Crippen molar-refractivity contribution >= 4 is 38.5 Å². The van der Waals surface area contributed by atoms with Crippen LogP contribution in [0.25, 0.3) is 16.7 Å². The van der Waals surface area contributed by atoms with Gasteiger partial charge in [-0.25, -0.2) is 23.5 Å². The number of pyridine rings is 1. The molecule has 0 aliphatic heterocycles. The molecule has 26 heavy (non-hydrogen) atoms. The number of aryl methyl sites for hydroxylation is 1. The van der Waals surface area contributed by atoms with Crippen LogP contribution in [0.1, 0.15) is 12.6 Å². The Labute approximate surface area is 154 Å². The number of rotatable bonds is 5. The zero-order chi connectivity index (χ0) is 18.3. The highest BCUT2D eigenvalue weighted by molar-refractivity contribution is 7.98. The van der Waals surface area contributed by atoms with Crippen molar-refractivity contribution in [3.05, 3.63) is 54.5 Å². The Bertz CT molecular complexity index is 1180. The Morgan fingerprint density at radius 1 is 1.19 bits per heavy atom. The van der Waals surface area contributed by atoms with E-state index in [1.54, 1.807) is 17.8 Å². The molecule has 134 valence electrons. The van der Waals surface area contributed by atoms with Crippen molar-refractivity contribution in [3.63, 3.8) is 0 Å². The number of hydrogen-bond acceptors (Lipinski definition) is 5. The van der Waals surface area contributed by atoms with Gasteiger partial charge in [0.2, 0.25) is 10.0 Å². The second-order valence-electron chi connectivity index (χ2n) is 5.82. The van der Waals surface area contributed by atoms with Crippen LogP contribution >= 0.6 is 11.8 Å². The Morgan fingerprint density at radius 2 is 2.04 bits per heavy atom. The Morgan fingerprint density at radius 3 is 2.77 bits per heavy atom. The molecule has 0 aliphatic rings. The summed E-state index contributed by atoms with van der Waals surface area (Å²) in [5, 5.41) is 6.04. The quantitative estimate of drug-likeness (QED) is 0.531. The summed E-state index contributed by atoms with van der Waals surface area (Å²) in [7, 11) is -3.74. The van der Waals surface area contributed by atoms with Crippen molar-refractivity contribution < 1.29 is 8.42 Å². The number of sulfonamides is 1. The average Bonchev–Trinajstić information content (AvgIpc) is 3.18. The molecule has 0 unspecified atom stereocenters. The SMILES string of the molecule is CCn1c(SCc2cn3ccccc3n2)nc2cc(S(N)(=O)=O)ccc21. The van der Waals surface area contributed by atoms with Gasteiger partial charge in [0.25, 0.3) is 0 Å². The van der Waals surface area contributed by atoms with Gasteiger partial charge in [0.1, 0.15) is 5.65 Å². The summed E-state index contributed by atoms with van der Waals surface area (Å²) in [5.74, 6) is 0.674. The molecule has 0 saturated carbocycles. The molecule has 7 nitrogen and oxygen atoms in total. The molecular formula is C17H17N5O2S2. The first-order valence-electron chi connectivity index (χ1n) is 8.04. The van der Waals surface area contributed by atoms with Crippen molar-refractivity contribution in [3.8, 4) is 0 Å². The Hall–Kier alpha value is -2.36. The number of hydrogen-bond donors (Lipinski definition) is 1. The van der Waals surface area contributed by atoms with E-state index in [-0.39, 0.29) is 4.90 Å². The van der Waals surface area contributed by atoms with E-state index in [4.69, 9.17) is 5.14 Å². The molecule has 3 heterocycles. The predicted molar refractivity (Wildman–Crippen MR) is 102 cm³/mol. The number of imidazole rings is 2. The third-order valence-corrected chi connectivity index (χ3v) is 6.01. The summed E-state index contributed by atoms with van der Waals surface area (Å²) in [4.78, 5) is 9.26. The van der Waals surface area contributed by atoms with E-state index >= 15 is 0 Å². The summed E-state index contributed by atoms with van der Waals surface area (Å²) in [6.07, 6.45) is 3.97. The standard InChI is InChI=1S/C17H17N5O2S2/c1-2-22-15-7-6-13(26(18,23)24)9-14(15)20-17(22)25-11-12-10-21-8-4-3-5-16(21)19-12/h3-10H,2,11H2,1H3,(H2,18,23,24). The van der Waals surface area contributed by atoms with E-state index in [2.05, 4.69) is 14.5 Å². The van der Waals surface area contributed by atoms with Crippen LogP contribution in [-0.2, 0) is 22.3 Å². The highest BCUT2D eigenvalue weighted by Crippen LogP contribution is 2.28. The Kier molecular flexibility index (Phi) is 4.22. The maximum atomic E-state index is 11.6. The highest BCUT2D eigenvalue weighted by Gasteiger charge is 2.15. The highest BCUT2D eigenvalue weighted by atomic mass is 32.2. The van der Waals surface area contributed by atoms with E-state index in [9.17, 15) is 8.42 Å².